The van der Waals surface area contributed by atoms with Gasteiger partial charge in [-0.25, -0.2) is 8.42 Å². The van der Waals surface area contributed by atoms with Crippen molar-refractivity contribution in [3.8, 4) is 0 Å². The first-order chi connectivity index (χ1) is 11.8. The lowest BCUT2D eigenvalue weighted by molar-refractivity contribution is -0.114. The Bertz CT molecular complexity index is 993. The summed E-state index contributed by atoms with van der Waals surface area (Å²) in [4.78, 5) is 24.3. The van der Waals surface area contributed by atoms with E-state index in [1.54, 1.807) is 36.4 Å². The fourth-order valence-corrected chi connectivity index (χ4v) is 4.40. The van der Waals surface area contributed by atoms with Crippen LogP contribution in [0.15, 0.2) is 65.2 Å². The van der Waals surface area contributed by atoms with Gasteiger partial charge in [0.2, 0.25) is 0 Å². The molecule has 0 fully saturated rings. The van der Waals surface area contributed by atoms with Gasteiger partial charge in [-0.05, 0) is 12.1 Å². The zero-order chi connectivity index (χ0) is 18.2. The zero-order valence-electron chi connectivity index (χ0n) is 13.3. The molecule has 0 aliphatic carbocycles. The number of aliphatic hydroxyl groups is 1. The van der Waals surface area contributed by atoms with Crippen LogP contribution in [0.25, 0.3) is 5.76 Å². The number of rotatable bonds is 4. The molecule has 6 nitrogen and oxygen atoms in total. The summed E-state index contributed by atoms with van der Waals surface area (Å²) in [5.74, 6) is -1.56. The summed E-state index contributed by atoms with van der Waals surface area (Å²) in [7, 11) is -4.14. The summed E-state index contributed by atoms with van der Waals surface area (Å²) >= 11 is 0. The summed E-state index contributed by atoms with van der Waals surface area (Å²) in [6.07, 6.45) is 0. The molecule has 0 amide bonds. The number of sulfonamides is 1. The van der Waals surface area contributed by atoms with Gasteiger partial charge >= 0.3 is 0 Å². The van der Waals surface area contributed by atoms with Gasteiger partial charge in [0.1, 0.15) is 5.70 Å². The average Bonchev–Trinajstić information content (AvgIpc) is 2.60. The van der Waals surface area contributed by atoms with Crippen LogP contribution in [0.1, 0.15) is 22.8 Å². The Balaban J connectivity index is 2.13. The number of hydrogen-bond acceptors (Lipinski definition) is 5. The minimum Gasteiger partial charge on any atom is -0.505 e. The minimum atomic E-state index is -4.14. The van der Waals surface area contributed by atoms with Gasteiger partial charge < -0.3 is 5.11 Å². The highest BCUT2D eigenvalue weighted by Gasteiger charge is 2.39. The quantitative estimate of drug-likeness (QED) is 0.848. The molecular formula is C18H15NO5S. The number of carbonyl (C=O) groups is 2. The molecule has 3 rings (SSSR count). The standard InChI is InChI=1S/C18H15NO5S/c1-12(20)17-18(22)14-9-5-6-10-16(14)25(23,24)19(17)11-15(21)13-7-3-2-4-8-13/h2-10,22H,11H2,1H3. The predicted octanol–water partition coefficient (Wildman–Crippen LogP) is 2.39. The molecule has 2 aromatic rings. The molecular weight excluding hydrogens is 342 g/mol. The molecule has 128 valence electrons. The third-order valence-corrected chi connectivity index (χ3v) is 5.70. The van der Waals surface area contributed by atoms with Crippen molar-refractivity contribution in [2.24, 2.45) is 0 Å². The first kappa shape index (κ1) is 16.9. The molecule has 1 aliphatic heterocycles. The van der Waals surface area contributed by atoms with E-state index in [-0.39, 0.29) is 10.5 Å². The highest BCUT2D eigenvalue weighted by Crippen LogP contribution is 2.35. The van der Waals surface area contributed by atoms with E-state index in [1.165, 1.54) is 18.2 Å². The SMILES string of the molecule is CC(=O)C1=C(O)c2ccccc2S(=O)(=O)N1CC(=O)c1ccccc1. The normalized spacial score (nSPS) is 15.6. The largest absolute Gasteiger partial charge is 0.505 e. The lowest BCUT2D eigenvalue weighted by Gasteiger charge is -2.30. The molecule has 0 aromatic heterocycles. The van der Waals surface area contributed by atoms with E-state index in [0.29, 0.717) is 9.87 Å². The number of fused-ring (bicyclic) bond motifs is 1. The van der Waals surface area contributed by atoms with Gasteiger partial charge in [0.15, 0.2) is 17.3 Å². The maximum absolute atomic E-state index is 12.9. The van der Waals surface area contributed by atoms with Gasteiger partial charge in [-0.15, -0.1) is 0 Å². The summed E-state index contributed by atoms with van der Waals surface area (Å²) in [6, 6.07) is 14.0. The number of aliphatic hydroxyl groups excluding tert-OH is 1. The van der Waals surface area contributed by atoms with Crippen LogP contribution in [-0.4, -0.2) is 35.9 Å². The lowest BCUT2D eigenvalue weighted by Crippen LogP contribution is -2.40. The summed E-state index contributed by atoms with van der Waals surface area (Å²) < 4.78 is 26.5. The van der Waals surface area contributed by atoms with Gasteiger partial charge in [-0.3, -0.25) is 13.9 Å². The molecule has 0 atom stereocenters. The van der Waals surface area contributed by atoms with E-state index in [2.05, 4.69) is 0 Å². The minimum absolute atomic E-state index is 0.0520. The van der Waals surface area contributed by atoms with Crippen molar-refractivity contribution in [1.82, 2.24) is 4.31 Å². The Labute approximate surface area is 145 Å². The summed E-state index contributed by atoms with van der Waals surface area (Å²) in [6.45, 7) is 0.578. The number of ketones is 2. The molecule has 1 N–H and O–H groups in total. The van der Waals surface area contributed by atoms with Gasteiger partial charge in [-0.1, -0.05) is 42.5 Å². The number of nitrogens with zero attached hydrogens (tertiary/aromatic N) is 1. The lowest BCUT2D eigenvalue weighted by atomic mass is 10.1. The van der Waals surface area contributed by atoms with Gasteiger partial charge in [-0.2, -0.15) is 0 Å². The summed E-state index contributed by atoms with van der Waals surface area (Å²) in [5.41, 5.74) is -0.0296. The van der Waals surface area contributed by atoms with Crippen molar-refractivity contribution < 1.29 is 23.1 Å². The van der Waals surface area contributed by atoms with Crippen molar-refractivity contribution in [2.75, 3.05) is 6.54 Å². The molecule has 1 aliphatic rings. The summed E-state index contributed by atoms with van der Waals surface area (Å²) in [5, 5.41) is 10.4. The van der Waals surface area contributed by atoms with Gasteiger partial charge in [0, 0.05) is 18.1 Å². The monoisotopic (exact) mass is 357 g/mol. The fourth-order valence-electron chi connectivity index (χ4n) is 2.72. The van der Waals surface area contributed by atoms with E-state index in [0.717, 1.165) is 6.92 Å². The topological polar surface area (TPSA) is 91.8 Å². The number of Topliss-reactive ketones (excluding diaryl/α,β-unsaturated/α-hetero) is 2. The van der Waals surface area contributed by atoms with Crippen LogP contribution >= 0.6 is 0 Å². The third kappa shape index (κ3) is 2.83. The average molecular weight is 357 g/mol. The molecule has 25 heavy (non-hydrogen) atoms. The Kier molecular flexibility index (Phi) is 4.18. The van der Waals surface area contributed by atoms with Crippen LogP contribution in [-0.2, 0) is 14.8 Å². The number of hydrogen-bond donors (Lipinski definition) is 1. The molecule has 7 heteroatoms. The molecule has 2 aromatic carbocycles. The number of allylic oxidation sites excluding steroid dienone is 1. The maximum atomic E-state index is 12.9. The van der Waals surface area contributed by atoms with E-state index < -0.39 is 39.6 Å². The van der Waals surface area contributed by atoms with Crippen molar-refractivity contribution in [3.63, 3.8) is 0 Å². The fraction of sp³-hybridized carbons (Fsp3) is 0.111. The highest BCUT2D eigenvalue weighted by atomic mass is 32.2. The molecule has 0 saturated heterocycles. The molecule has 0 unspecified atom stereocenters. The van der Waals surface area contributed by atoms with Crippen molar-refractivity contribution in [2.45, 2.75) is 11.8 Å². The van der Waals surface area contributed by atoms with E-state index >= 15 is 0 Å². The maximum Gasteiger partial charge on any atom is 0.265 e. The number of carbonyl (C=O) groups excluding carboxylic acids is 2. The van der Waals surface area contributed by atoms with E-state index in [9.17, 15) is 23.1 Å². The smallest absolute Gasteiger partial charge is 0.265 e. The van der Waals surface area contributed by atoms with Crippen LogP contribution in [0.3, 0.4) is 0 Å². The second-order valence-electron chi connectivity index (χ2n) is 5.55. The van der Waals surface area contributed by atoms with Crippen molar-refractivity contribution >= 4 is 27.3 Å². The first-order valence-corrected chi connectivity index (χ1v) is 8.92. The third-order valence-electron chi connectivity index (χ3n) is 3.90. The van der Waals surface area contributed by atoms with Crippen molar-refractivity contribution in [3.05, 3.63) is 71.4 Å². The van der Waals surface area contributed by atoms with Crippen LogP contribution in [0.4, 0.5) is 0 Å². The van der Waals surface area contributed by atoms with E-state index in [4.69, 9.17) is 0 Å². The molecule has 0 spiro atoms. The number of benzene rings is 2. The molecule has 0 saturated carbocycles. The van der Waals surface area contributed by atoms with Crippen molar-refractivity contribution in [1.29, 1.82) is 0 Å². The Morgan fingerprint density at radius 1 is 1.00 bits per heavy atom. The second kappa shape index (κ2) is 6.18. The predicted molar refractivity (Wildman–Crippen MR) is 91.3 cm³/mol. The molecule has 1 heterocycles. The Morgan fingerprint density at radius 2 is 1.60 bits per heavy atom. The second-order valence-corrected chi connectivity index (χ2v) is 7.38. The van der Waals surface area contributed by atoms with Crippen LogP contribution in [0.2, 0.25) is 0 Å². The highest BCUT2D eigenvalue weighted by molar-refractivity contribution is 7.89. The van der Waals surface area contributed by atoms with Crippen LogP contribution < -0.4 is 0 Å². The zero-order valence-corrected chi connectivity index (χ0v) is 14.2. The van der Waals surface area contributed by atoms with Gasteiger partial charge in [0.25, 0.3) is 10.0 Å². The molecule has 0 bridgehead atoms. The van der Waals surface area contributed by atoms with Crippen LogP contribution in [0.5, 0.6) is 0 Å². The van der Waals surface area contributed by atoms with Gasteiger partial charge in [0.05, 0.1) is 11.4 Å². The van der Waals surface area contributed by atoms with Crippen LogP contribution in [0, 0.1) is 0 Å². The Morgan fingerprint density at radius 3 is 2.24 bits per heavy atom. The van der Waals surface area contributed by atoms with E-state index in [1.807, 2.05) is 0 Å². The Hall–Kier alpha value is -2.93. The first-order valence-electron chi connectivity index (χ1n) is 7.48. The molecule has 0 radical (unpaired) electrons.